The Labute approximate surface area is 114 Å². The van der Waals surface area contributed by atoms with Crippen molar-refractivity contribution in [3.8, 4) is 11.3 Å². The molecule has 0 aliphatic heterocycles. The second kappa shape index (κ2) is 5.11. The van der Waals surface area contributed by atoms with Crippen LogP contribution in [-0.4, -0.2) is 9.97 Å². The molecule has 0 aliphatic carbocycles. The Morgan fingerprint density at radius 1 is 1.05 bits per heavy atom. The fourth-order valence-electron chi connectivity index (χ4n) is 1.78. The van der Waals surface area contributed by atoms with E-state index in [4.69, 9.17) is 5.73 Å². The maximum atomic E-state index is 12.7. The first-order valence-electron chi connectivity index (χ1n) is 6.09. The van der Waals surface area contributed by atoms with Crippen molar-refractivity contribution in [2.45, 2.75) is 25.9 Å². The van der Waals surface area contributed by atoms with Crippen LogP contribution >= 0.6 is 0 Å². The van der Waals surface area contributed by atoms with Gasteiger partial charge < -0.3 is 5.73 Å². The fourth-order valence-corrected chi connectivity index (χ4v) is 1.78. The zero-order valence-electron chi connectivity index (χ0n) is 11.1. The summed E-state index contributed by atoms with van der Waals surface area (Å²) in [5.41, 5.74) is 7.27. The molecule has 2 N–H and O–H groups in total. The molecule has 0 saturated carbocycles. The number of nitrogen functional groups attached to an aromatic ring is 1. The minimum atomic E-state index is -4.61. The number of benzene rings is 1. The summed E-state index contributed by atoms with van der Waals surface area (Å²) in [6.45, 7) is 4.08. The molecule has 2 aromatic rings. The first kappa shape index (κ1) is 14.3. The van der Waals surface area contributed by atoms with Crippen molar-refractivity contribution < 1.29 is 13.2 Å². The van der Waals surface area contributed by atoms with Crippen LogP contribution in [0.5, 0.6) is 0 Å². The summed E-state index contributed by atoms with van der Waals surface area (Å²) < 4.78 is 38.0. The Morgan fingerprint density at radius 3 is 2.15 bits per heavy atom. The normalized spacial score (nSPS) is 11.9. The number of alkyl halides is 3. The van der Waals surface area contributed by atoms with E-state index in [0.717, 1.165) is 5.56 Å². The first-order valence-corrected chi connectivity index (χ1v) is 6.09. The van der Waals surface area contributed by atoms with Crippen molar-refractivity contribution in [3.05, 3.63) is 41.7 Å². The van der Waals surface area contributed by atoms with Crippen molar-refractivity contribution in [1.29, 1.82) is 0 Å². The topological polar surface area (TPSA) is 51.8 Å². The summed E-state index contributed by atoms with van der Waals surface area (Å²) in [6, 6.07) is 8.53. The zero-order valence-corrected chi connectivity index (χ0v) is 11.1. The second-order valence-electron chi connectivity index (χ2n) is 4.78. The number of anilines is 1. The zero-order chi connectivity index (χ0) is 14.9. The molecule has 0 saturated heterocycles. The van der Waals surface area contributed by atoms with E-state index in [9.17, 15) is 13.2 Å². The molecule has 3 nitrogen and oxygen atoms in total. The molecular formula is C14H14F3N3. The number of aromatic nitrogens is 2. The van der Waals surface area contributed by atoms with Gasteiger partial charge in [-0.3, -0.25) is 0 Å². The number of nitrogens with zero attached hydrogens (tertiary/aromatic N) is 2. The standard InChI is InChI=1S/C14H14F3N3/c1-8(2)9-3-5-10(6-4-9)11-7-12(18)20-13(19-11)14(15,16)17/h3-8H,1-2H3,(H2,18,19,20). The van der Waals surface area contributed by atoms with Gasteiger partial charge in [0.1, 0.15) is 5.82 Å². The highest BCUT2D eigenvalue weighted by atomic mass is 19.4. The summed E-state index contributed by atoms with van der Waals surface area (Å²) >= 11 is 0. The minimum Gasteiger partial charge on any atom is -0.384 e. The predicted octanol–water partition coefficient (Wildman–Crippen LogP) is 3.87. The van der Waals surface area contributed by atoms with Crippen molar-refractivity contribution >= 4 is 5.82 Å². The van der Waals surface area contributed by atoms with Gasteiger partial charge in [-0.2, -0.15) is 13.2 Å². The molecule has 20 heavy (non-hydrogen) atoms. The van der Waals surface area contributed by atoms with E-state index in [1.165, 1.54) is 6.07 Å². The van der Waals surface area contributed by atoms with Crippen molar-refractivity contribution in [1.82, 2.24) is 9.97 Å². The summed E-state index contributed by atoms with van der Waals surface area (Å²) in [6.07, 6.45) is -4.61. The Bertz CT molecular complexity index is 604. The monoisotopic (exact) mass is 281 g/mol. The molecule has 6 heteroatoms. The van der Waals surface area contributed by atoms with Gasteiger partial charge >= 0.3 is 6.18 Å². The third-order valence-electron chi connectivity index (χ3n) is 2.87. The summed E-state index contributed by atoms with van der Waals surface area (Å²) in [5, 5.41) is 0. The maximum absolute atomic E-state index is 12.7. The Balaban J connectivity index is 2.44. The van der Waals surface area contributed by atoms with E-state index >= 15 is 0 Å². The Kier molecular flexibility index (Phi) is 3.65. The lowest BCUT2D eigenvalue weighted by atomic mass is 10.0. The number of nitrogens with two attached hydrogens (primary N) is 1. The molecule has 0 radical (unpaired) electrons. The van der Waals surface area contributed by atoms with Crippen LogP contribution in [0.3, 0.4) is 0 Å². The molecule has 0 spiro atoms. The molecule has 0 aliphatic rings. The quantitative estimate of drug-likeness (QED) is 0.909. The van der Waals surface area contributed by atoms with Crippen molar-refractivity contribution in [2.24, 2.45) is 0 Å². The number of halogens is 3. The highest BCUT2D eigenvalue weighted by molar-refractivity contribution is 5.62. The van der Waals surface area contributed by atoms with E-state index in [1.54, 1.807) is 12.1 Å². The van der Waals surface area contributed by atoms with Crippen molar-refractivity contribution in [3.63, 3.8) is 0 Å². The van der Waals surface area contributed by atoms with Gasteiger partial charge in [-0.1, -0.05) is 38.1 Å². The van der Waals surface area contributed by atoms with Crippen LogP contribution < -0.4 is 5.73 Å². The summed E-state index contributed by atoms with van der Waals surface area (Å²) in [7, 11) is 0. The molecule has 106 valence electrons. The van der Waals surface area contributed by atoms with Gasteiger partial charge in [0.25, 0.3) is 0 Å². The molecule has 0 atom stereocenters. The summed E-state index contributed by atoms with van der Waals surface area (Å²) in [5.74, 6) is -1.07. The van der Waals surface area contributed by atoms with Gasteiger partial charge in [-0.05, 0) is 11.5 Å². The molecular weight excluding hydrogens is 267 g/mol. The lowest BCUT2D eigenvalue weighted by Gasteiger charge is -2.10. The Hall–Kier alpha value is -2.11. The van der Waals surface area contributed by atoms with E-state index in [1.807, 2.05) is 26.0 Å². The summed E-state index contributed by atoms with van der Waals surface area (Å²) in [4.78, 5) is 6.75. The minimum absolute atomic E-state index is 0.167. The molecule has 0 fully saturated rings. The molecule has 0 amide bonds. The molecule has 1 heterocycles. The molecule has 0 bridgehead atoms. The van der Waals surface area contributed by atoms with Crippen LogP contribution in [-0.2, 0) is 6.18 Å². The molecule has 1 aromatic carbocycles. The molecule has 0 unspecified atom stereocenters. The largest absolute Gasteiger partial charge is 0.451 e. The van der Waals surface area contributed by atoms with E-state index < -0.39 is 12.0 Å². The fraction of sp³-hybridized carbons (Fsp3) is 0.286. The number of hydrogen-bond acceptors (Lipinski definition) is 3. The highest BCUT2D eigenvalue weighted by Crippen LogP contribution is 2.29. The average Bonchev–Trinajstić information content (AvgIpc) is 2.37. The van der Waals surface area contributed by atoms with Crippen LogP contribution in [0, 0.1) is 0 Å². The van der Waals surface area contributed by atoms with Crippen LogP contribution in [0.15, 0.2) is 30.3 Å². The third kappa shape index (κ3) is 3.07. The molecule has 2 rings (SSSR count). The SMILES string of the molecule is CC(C)c1ccc(-c2cc(N)nc(C(F)(F)F)n2)cc1. The van der Waals surface area contributed by atoms with Gasteiger partial charge in [0.05, 0.1) is 5.69 Å². The van der Waals surface area contributed by atoms with Gasteiger partial charge in [-0.25, -0.2) is 9.97 Å². The van der Waals surface area contributed by atoms with E-state index in [2.05, 4.69) is 9.97 Å². The smallest absolute Gasteiger partial charge is 0.384 e. The van der Waals surface area contributed by atoms with Crippen molar-refractivity contribution in [2.75, 3.05) is 5.73 Å². The third-order valence-corrected chi connectivity index (χ3v) is 2.87. The lowest BCUT2D eigenvalue weighted by Crippen LogP contribution is -2.13. The Morgan fingerprint density at radius 2 is 1.65 bits per heavy atom. The van der Waals surface area contributed by atoms with Crippen LogP contribution in [0.4, 0.5) is 19.0 Å². The lowest BCUT2D eigenvalue weighted by molar-refractivity contribution is -0.144. The van der Waals surface area contributed by atoms with Crippen LogP contribution in [0.1, 0.15) is 31.2 Å². The predicted molar refractivity (Wildman–Crippen MR) is 71.0 cm³/mol. The number of hydrogen-bond donors (Lipinski definition) is 1. The second-order valence-corrected chi connectivity index (χ2v) is 4.78. The first-order chi connectivity index (χ1) is 9.27. The maximum Gasteiger partial charge on any atom is 0.451 e. The van der Waals surface area contributed by atoms with Crippen LogP contribution in [0.25, 0.3) is 11.3 Å². The van der Waals surface area contributed by atoms with E-state index in [-0.39, 0.29) is 11.5 Å². The van der Waals surface area contributed by atoms with Crippen LogP contribution in [0.2, 0.25) is 0 Å². The van der Waals surface area contributed by atoms with Gasteiger partial charge in [-0.15, -0.1) is 0 Å². The van der Waals surface area contributed by atoms with Gasteiger partial charge in [0.15, 0.2) is 0 Å². The van der Waals surface area contributed by atoms with Gasteiger partial charge in [0.2, 0.25) is 5.82 Å². The van der Waals surface area contributed by atoms with Gasteiger partial charge in [0, 0.05) is 11.6 Å². The van der Waals surface area contributed by atoms with E-state index in [0.29, 0.717) is 11.5 Å². The number of rotatable bonds is 2. The average molecular weight is 281 g/mol. The molecule has 1 aromatic heterocycles. The highest BCUT2D eigenvalue weighted by Gasteiger charge is 2.35.